The highest BCUT2D eigenvalue weighted by Crippen LogP contribution is 2.16. The quantitative estimate of drug-likeness (QED) is 0.596. The van der Waals surface area contributed by atoms with Crippen LogP contribution in [0.2, 0.25) is 0 Å². The van der Waals surface area contributed by atoms with E-state index in [0.29, 0.717) is 18.3 Å². The molecular formula is C11H20N4O2S. The van der Waals surface area contributed by atoms with Gasteiger partial charge in [0.1, 0.15) is 10.7 Å². The van der Waals surface area contributed by atoms with Crippen molar-refractivity contribution in [2.24, 2.45) is 11.8 Å². The number of nitrogens with zero attached hydrogens (tertiary/aromatic N) is 2. The van der Waals surface area contributed by atoms with Gasteiger partial charge >= 0.3 is 0 Å². The monoisotopic (exact) mass is 272 g/mol. The lowest BCUT2D eigenvalue weighted by molar-refractivity contribution is 0.393. The SMILES string of the molecule is CCC(C)CN(C)S(=O)(=O)c1ccc(NN)nc1. The van der Waals surface area contributed by atoms with Gasteiger partial charge in [-0.2, -0.15) is 0 Å². The van der Waals surface area contributed by atoms with Gasteiger partial charge in [0.15, 0.2) is 0 Å². The lowest BCUT2D eigenvalue weighted by Crippen LogP contribution is -2.31. The highest BCUT2D eigenvalue weighted by molar-refractivity contribution is 7.89. The number of nitrogen functional groups attached to an aromatic ring is 1. The molecule has 0 radical (unpaired) electrons. The van der Waals surface area contributed by atoms with Crippen LogP contribution in [0, 0.1) is 5.92 Å². The minimum Gasteiger partial charge on any atom is -0.308 e. The predicted octanol–water partition coefficient (Wildman–Crippen LogP) is 1.03. The lowest BCUT2D eigenvalue weighted by atomic mass is 10.1. The van der Waals surface area contributed by atoms with E-state index in [1.165, 1.54) is 22.6 Å². The van der Waals surface area contributed by atoms with Gasteiger partial charge < -0.3 is 5.43 Å². The van der Waals surface area contributed by atoms with Gasteiger partial charge in [0.25, 0.3) is 0 Å². The van der Waals surface area contributed by atoms with E-state index in [-0.39, 0.29) is 4.90 Å². The molecule has 0 spiro atoms. The Balaban J connectivity index is 2.90. The molecule has 3 N–H and O–H groups in total. The molecule has 18 heavy (non-hydrogen) atoms. The minimum absolute atomic E-state index is 0.173. The first kappa shape index (κ1) is 14.9. The molecule has 0 amide bonds. The first-order valence-corrected chi connectivity index (χ1v) is 7.24. The van der Waals surface area contributed by atoms with Crippen LogP contribution in [0.4, 0.5) is 5.82 Å². The average molecular weight is 272 g/mol. The number of hydrogen-bond donors (Lipinski definition) is 2. The van der Waals surface area contributed by atoms with Gasteiger partial charge in [-0.15, -0.1) is 0 Å². The van der Waals surface area contributed by atoms with Crippen LogP contribution in [0.25, 0.3) is 0 Å². The third-order valence-corrected chi connectivity index (χ3v) is 4.67. The largest absolute Gasteiger partial charge is 0.308 e. The summed E-state index contributed by atoms with van der Waals surface area (Å²) in [6.45, 7) is 4.55. The smallest absolute Gasteiger partial charge is 0.244 e. The highest BCUT2D eigenvalue weighted by atomic mass is 32.2. The number of hydrogen-bond acceptors (Lipinski definition) is 5. The summed E-state index contributed by atoms with van der Waals surface area (Å²) in [6.07, 6.45) is 2.24. The van der Waals surface area contributed by atoms with E-state index >= 15 is 0 Å². The van der Waals surface area contributed by atoms with Gasteiger partial charge in [-0.05, 0) is 18.1 Å². The van der Waals surface area contributed by atoms with Crippen molar-refractivity contribution < 1.29 is 8.42 Å². The van der Waals surface area contributed by atoms with E-state index in [1.807, 2.05) is 13.8 Å². The fourth-order valence-corrected chi connectivity index (χ4v) is 2.70. The molecule has 0 aliphatic rings. The molecule has 1 aromatic heterocycles. The van der Waals surface area contributed by atoms with Gasteiger partial charge in [0, 0.05) is 19.8 Å². The molecule has 1 heterocycles. The fraction of sp³-hybridized carbons (Fsp3) is 0.545. The first-order valence-electron chi connectivity index (χ1n) is 5.80. The Labute approximate surface area is 108 Å². The zero-order valence-electron chi connectivity index (χ0n) is 10.9. The van der Waals surface area contributed by atoms with Crippen LogP contribution in [0.15, 0.2) is 23.2 Å². The number of sulfonamides is 1. The van der Waals surface area contributed by atoms with Crippen LogP contribution in [0.5, 0.6) is 0 Å². The van der Waals surface area contributed by atoms with E-state index < -0.39 is 10.0 Å². The van der Waals surface area contributed by atoms with Crippen molar-refractivity contribution in [3.05, 3.63) is 18.3 Å². The van der Waals surface area contributed by atoms with Crippen molar-refractivity contribution in [1.29, 1.82) is 0 Å². The van der Waals surface area contributed by atoms with Crippen molar-refractivity contribution in [2.75, 3.05) is 19.0 Å². The molecule has 0 aliphatic heterocycles. The molecule has 7 heteroatoms. The maximum absolute atomic E-state index is 12.2. The Morgan fingerprint density at radius 1 is 1.50 bits per heavy atom. The van der Waals surface area contributed by atoms with Crippen LogP contribution in [-0.4, -0.2) is 31.3 Å². The van der Waals surface area contributed by atoms with Crippen molar-refractivity contribution in [3.63, 3.8) is 0 Å². The Morgan fingerprint density at radius 3 is 2.61 bits per heavy atom. The summed E-state index contributed by atoms with van der Waals surface area (Å²) in [5.41, 5.74) is 2.36. The number of hydrazine groups is 1. The van der Waals surface area contributed by atoms with Crippen LogP contribution in [-0.2, 0) is 10.0 Å². The van der Waals surface area contributed by atoms with Crippen molar-refractivity contribution in [3.8, 4) is 0 Å². The molecule has 1 aromatic rings. The first-order chi connectivity index (χ1) is 8.41. The number of rotatable bonds is 6. The number of pyridine rings is 1. The molecule has 0 aliphatic carbocycles. The topological polar surface area (TPSA) is 88.3 Å². The van der Waals surface area contributed by atoms with E-state index in [2.05, 4.69) is 10.4 Å². The Hall–Kier alpha value is -1.18. The Bertz CT molecular complexity index is 472. The summed E-state index contributed by atoms with van der Waals surface area (Å²) in [5, 5.41) is 0. The zero-order valence-corrected chi connectivity index (χ0v) is 11.7. The number of nitrogens with two attached hydrogens (primary N) is 1. The van der Waals surface area contributed by atoms with Crippen molar-refractivity contribution in [1.82, 2.24) is 9.29 Å². The van der Waals surface area contributed by atoms with Gasteiger partial charge in [-0.1, -0.05) is 20.3 Å². The van der Waals surface area contributed by atoms with Gasteiger partial charge in [0.05, 0.1) is 0 Å². The normalized spacial score (nSPS) is 13.6. The number of nitrogens with one attached hydrogen (secondary N) is 1. The van der Waals surface area contributed by atoms with E-state index in [1.54, 1.807) is 7.05 Å². The molecule has 0 aromatic carbocycles. The number of anilines is 1. The maximum atomic E-state index is 12.2. The summed E-state index contributed by atoms with van der Waals surface area (Å²) in [6, 6.07) is 3.02. The standard InChI is InChI=1S/C11H20N4O2S/c1-4-9(2)8-15(3)18(16,17)10-5-6-11(14-12)13-7-10/h5-7,9H,4,8,12H2,1-3H3,(H,13,14). The second kappa shape index (κ2) is 6.12. The average Bonchev–Trinajstić information content (AvgIpc) is 2.38. The summed E-state index contributed by atoms with van der Waals surface area (Å²) in [7, 11) is -1.89. The highest BCUT2D eigenvalue weighted by Gasteiger charge is 2.22. The van der Waals surface area contributed by atoms with Gasteiger partial charge in [-0.3, -0.25) is 0 Å². The van der Waals surface area contributed by atoms with E-state index in [9.17, 15) is 8.42 Å². The van der Waals surface area contributed by atoms with Gasteiger partial charge in [0.2, 0.25) is 10.0 Å². The molecule has 102 valence electrons. The molecule has 1 rings (SSSR count). The number of aromatic nitrogens is 1. The van der Waals surface area contributed by atoms with Crippen LogP contribution in [0.3, 0.4) is 0 Å². The molecular weight excluding hydrogens is 252 g/mol. The predicted molar refractivity (Wildman–Crippen MR) is 71.3 cm³/mol. The Kier molecular flexibility index (Phi) is 5.06. The fourth-order valence-electron chi connectivity index (χ4n) is 1.46. The second-order valence-corrected chi connectivity index (χ2v) is 6.37. The molecule has 1 unspecified atom stereocenters. The summed E-state index contributed by atoms with van der Waals surface area (Å²) < 4.78 is 25.8. The van der Waals surface area contributed by atoms with Gasteiger partial charge in [-0.25, -0.2) is 23.5 Å². The molecule has 0 bridgehead atoms. The van der Waals surface area contributed by atoms with Crippen molar-refractivity contribution in [2.45, 2.75) is 25.2 Å². The van der Waals surface area contributed by atoms with E-state index in [4.69, 9.17) is 5.84 Å². The molecule has 1 atom stereocenters. The summed E-state index contributed by atoms with van der Waals surface area (Å²) in [4.78, 5) is 4.08. The lowest BCUT2D eigenvalue weighted by Gasteiger charge is -2.20. The molecule has 0 fully saturated rings. The molecule has 6 nitrogen and oxygen atoms in total. The maximum Gasteiger partial charge on any atom is 0.244 e. The minimum atomic E-state index is -3.47. The van der Waals surface area contributed by atoms with Crippen molar-refractivity contribution >= 4 is 15.8 Å². The van der Waals surface area contributed by atoms with Crippen LogP contribution in [0.1, 0.15) is 20.3 Å². The van der Waals surface area contributed by atoms with Crippen LogP contribution < -0.4 is 11.3 Å². The van der Waals surface area contributed by atoms with Crippen LogP contribution >= 0.6 is 0 Å². The molecule has 0 saturated carbocycles. The third kappa shape index (κ3) is 3.41. The molecule has 0 saturated heterocycles. The summed E-state index contributed by atoms with van der Waals surface area (Å²) >= 11 is 0. The second-order valence-electron chi connectivity index (χ2n) is 4.32. The zero-order chi connectivity index (χ0) is 13.8. The Morgan fingerprint density at radius 2 is 2.17 bits per heavy atom. The summed E-state index contributed by atoms with van der Waals surface area (Å²) in [5.74, 6) is 5.93. The third-order valence-electron chi connectivity index (χ3n) is 2.86. The van der Waals surface area contributed by atoms with E-state index in [0.717, 1.165) is 6.42 Å².